The van der Waals surface area contributed by atoms with Crippen molar-refractivity contribution < 1.29 is 0 Å². The summed E-state index contributed by atoms with van der Waals surface area (Å²) in [5.74, 6) is 0. The molecule has 8 rings (SSSR count). The van der Waals surface area contributed by atoms with Gasteiger partial charge in [-0.1, -0.05) is 106 Å². The molecule has 0 atom stereocenters. The lowest BCUT2D eigenvalue weighted by atomic mass is 9.82. The molecule has 2 heterocycles. The minimum Gasteiger partial charge on any atom is -0.256 e. The average molecular weight is 513 g/mol. The Hall–Kier alpha value is -4.82. The summed E-state index contributed by atoms with van der Waals surface area (Å²) in [6, 6.07) is 37.5. The van der Waals surface area contributed by atoms with Crippen molar-refractivity contribution in [3.8, 4) is 22.5 Å². The van der Waals surface area contributed by atoms with Gasteiger partial charge in [-0.3, -0.25) is 9.97 Å². The molecule has 0 amide bonds. The Morgan fingerprint density at radius 2 is 0.925 bits per heavy atom. The van der Waals surface area contributed by atoms with E-state index < -0.39 is 0 Å². The Balaban J connectivity index is 1.51. The Bertz CT molecular complexity index is 2110. The van der Waals surface area contributed by atoms with Crippen molar-refractivity contribution in [3.05, 3.63) is 121 Å². The van der Waals surface area contributed by atoms with Crippen LogP contribution in [0.4, 0.5) is 0 Å². The molecule has 0 saturated heterocycles. The maximum atomic E-state index is 4.97. The van der Waals surface area contributed by atoms with E-state index in [1.165, 1.54) is 48.7 Å². The third-order valence-corrected chi connectivity index (χ3v) is 8.40. The van der Waals surface area contributed by atoms with Crippen LogP contribution in [0.1, 0.15) is 26.3 Å². The first kappa shape index (κ1) is 23.1. The maximum absolute atomic E-state index is 4.97. The summed E-state index contributed by atoms with van der Waals surface area (Å²) < 4.78 is 0. The molecule has 0 spiro atoms. The molecule has 0 fully saturated rings. The van der Waals surface area contributed by atoms with Crippen molar-refractivity contribution in [1.82, 2.24) is 9.97 Å². The van der Waals surface area contributed by atoms with E-state index in [4.69, 9.17) is 9.97 Å². The molecule has 190 valence electrons. The first-order valence-corrected chi connectivity index (χ1v) is 13.9. The van der Waals surface area contributed by atoms with Crippen molar-refractivity contribution >= 4 is 53.9 Å². The zero-order chi connectivity index (χ0) is 27.0. The number of aromatic nitrogens is 2. The highest BCUT2D eigenvalue weighted by atomic mass is 14.7. The maximum Gasteiger partial charge on any atom is 0.0714 e. The van der Waals surface area contributed by atoms with Crippen LogP contribution in [0.3, 0.4) is 0 Å². The molecule has 0 unspecified atom stereocenters. The number of hydrogen-bond acceptors (Lipinski definition) is 2. The van der Waals surface area contributed by atoms with Gasteiger partial charge < -0.3 is 0 Å². The Morgan fingerprint density at radius 1 is 0.450 bits per heavy atom. The number of pyridine rings is 2. The second kappa shape index (κ2) is 8.34. The molecule has 2 nitrogen and oxygen atoms in total. The van der Waals surface area contributed by atoms with E-state index in [0.29, 0.717) is 0 Å². The van der Waals surface area contributed by atoms with E-state index in [-0.39, 0.29) is 5.41 Å². The van der Waals surface area contributed by atoms with Gasteiger partial charge in [0.25, 0.3) is 0 Å². The lowest BCUT2D eigenvalue weighted by Crippen LogP contribution is -2.10. The zero-order valence-corrected chi connectivity index (χ0v) is 22.9. The summed E-state index contributed by atoms with van der Waals surface area (Å²) in [5, 5.41) is 12.3. The van der Waals surface area contributed by atoms with Gasteiger partial charge in [0.15, 0.2) is 0 Å². The Morgan fingerprint density at radius 3 is 1.40 bits per heavy atom. The fourth-order valence-electron chi connectivity index (χ4n) is 6.23. The molecule has 6 aromatic carbocycles. The van der Waals surface area contributed by atoms with Crippen LogP contribution in [-0.2, 0) is 5.41 Å². The van der Waals surface area contributed by atoms with Crippen LogP contribution in [0.2, 0.25) is 0 Å². The first-order valence-electron chi connectivity index (χ1n) is 13.9. The fourth-order valence-corrected chi connectivity index (χ4v) is 6.23. The van der Waals surface area contributed by atoms with E-state index in [1.54, 1.807) is 0 Å². The monoisotopic (exact) mass is 512 g/mol. The zero-order valence-electron chi connectivity index (χ0n) is 22.9. The molecule has 0 aliphatic carbocycles. The van der Waals surface area contributed by atoms with E-state index in [2.05, 4.69) is 124 Å². The topological polar surface area (TPSA) is 25.8 Å². The highest BCUT2D eigenvalue weighted by Crippen LogP contribution is 2.44. The van der Waals surface area contributed by atoms with Gasteiger partial charge >= 0.3 is 0 Å². The van der Waals surface area contributed by atoms with Gasteiger partial charge in [0.2, 0.25) is 0 Å². The Kier molecular flexibility index (Phi) is 4.82. The quantitative estimate of drug-likeness (QED) is 0.215. The van der Waals surface area contributed by atoms with Crippen LogP contribution in [0.15, 0.2) is 116 Å². The molecule has 0 aliphatic rings. The molecule has 0 aliphatic heterocycles. The van der Waals surface area contributed by atoms with Crippen LogP contribution in [0.25, 0.3) is 76.4 Å². The molecule has 2 aromatic heterocycles. The molecule has 0 saturated carbocycles. The van der Waals surface area contributed by atoms with Crippen molar-refractivity contribution in [2.75, 3.05) is 0 Å². The normalized spacial score (nSPS) is 12.4. The van der Waals surface area contributed by atoms with Gasteiger partial charge in [-0.2, -0.15) is 0 Å². The summed E-state index contributed by atoms with van der Waals surface area (Å²) in [6.45, 7) is 6.85. The molecule has 8 aromatic rings. The predicted molar refractivity (Wildman–Crippen MR) is 170 cm³/mol. The molecule has 2 heteroatoms. The van der Waals surface area contributed by atoms with Crippen molar-refractivity contribution in [3.63, 3.8) is 0 Å². The summed E-state index contributed by atoms with van der Waals surface area (Å²) >= 11 is 0. The van der Waals surface area contributed by atoms with Crippen molar-refractivity contribution in [1.29, 1.82) is 0 Å². The number of benzene rings is 6. The van der Waals surface area contributed by atoms with E-state index in [0.717, 1.165) is 33.3 Å². The highest BCUT2D eigenvalue weighted by Gasteiger charge is 2.21. The third kappa shape index (κ3) is 3.49. The minimum atomic E-state index is 0.0742. The van der Waals surface area contributed by atoms with E-state index in [9.17, 15) is 0 Å². The second-order valence-corrected chi connectivity index (χ2v) is 12.0. The standard InChI is InChI=1S/C38H28N2/c1-38(2,3)29-16-25-12-14-30-32(34-18-23-8-4-6-10-27(23)21-39-34)20-33(31-15-13-26(17-29)36(25)37(30)31)35-19-24-9-5-7-11-28(24)22-40-35/h4-22H,1-3H3. The van der Waals surface area contributed by atoms with Gasteiger partial charge in [0, 0.05) is 34.3 Å². The molecule has 0 N–H and O–H groups in total. The van der Waals surface area contributed by atoms with Crippen LogP contribution >= 0.6 is 0 Å². The van der Waals surface area contributed by atoms with E-state index >= 15 is 0 Å². The van der Waals surface area contributed by atoms with Crippen molar-refractivity contribution in [2.24, 2.45) is 0 Å². The number of hydrogen-bond donors (Lipinski definition) is 0. The average Bonchev–Trinajstić information content (AvgIpc) is 2.98. The minimum absolute atomic E-state index is 0.0742. The highest BCUT2D eigenvalue weighted by molar-refractivity contribution is 6.28. The summed E-state index contributed by atoms with van der Waals surface area (Å²) in [4.78, 5) is 9.94. The van der Waals surface area contributed by atoms with Gasteiger partial charge in [0.1, 0.15) is 0 Å². The third-order valence-electron chi connectivity index (χ3n) is 8.40. The molecular weight excluding hydrogens is 484 g/mol. The second-order valence-electron chi connectivity index (χ2n) is 12.0. The lowest BCUT2D eigenvalue weighted by Gasteiger charge is -2.22. The molecular formula is C38H28N2. The van der Waals surface area contributed by atoms with Crippen molar-refractivity contribution in [2.45, 2.75) is 26.2 Å². The van der Waals surface area contributed by atoms with E-state index in [1.807, 2.05) is 12.4 Å². The summed E-state index contributed by atoms with van der Waals surface area (Å²) in [7, 11) is 0. The summed E-state index contributed by atoms with van der Waals surface area (Å²) in [6.07, 6.45) is 3.98. The first-order chi connectivity index (χ1) is 19.4. The van der Waals surface area contributed by atoms with Gasteiger partial charge in [-0.15, -0.1) is 0 Å². The van der Waals surface area contributed by atoms with Crippen LogP contribution in [0.5, 0.6) is 0 Å². The van der Waals surface area contributed by atoms with Crippen LogP contribution < -0.4 is 0 Å². The lowest BCUT2D eigenvalue weighted by molar-refractivity contribution is 0.591. The van der Waals surface area contributed by atoms with Crippen LogP contribution in [-0.4, -0.2) is 9.97 Å². The molecule has 0 radical (unpaired) electrons. The SMILES string of the molecule is CC(C)(C)c1cc2ccc3c(-c4cc5ccccc5cn4)cc(-c4cc5ccccc5cn4)c4ccc(c1)c2c34. The van der Waals surface area contributed by atoms with Gasteiger partial charge in [0.05, 0.1) is 11.4 Å². The number of fused-ring (bicyclic) bond motifs is 2. The van der Waals surface area contributed by atoms with Gasteiger partial charge in [-0.25, -0.2) is 0 Å². The molecule has 40 heavy (non-hydrogen) atoms. The smallest absolute Gasteiger partial charge is 0.0714 e. The van der Waals surface area contributed by atoms with Gasteiger partial charge in [-0.05, 0) is 72.3 Å². The number of rotatable bonds is 2. The van der Waals surface area contributed by atoms with Crippen LogP contribution in [0, 0.1) is 0 Å². The fraction of sp³-hybridized carbons (Fsp3) is 0.105. The number of nitrogens with zero attached hydrogens (tertiary/aromatic N) is 2. The predicted octanol–water partition coefficient (Wildman–Crippen LogP) is 10.3. The summed E-state index contributed by atoms with van der Waals surface area (Å²) in [5.41, 5.74) is 5.66. The molecule has 0 bridgehead atoms. The largest absolute Gasteiger partial charge is 0.256 e. The Labute approximate surface area is 233 Å².